The smallest absolute Gasteiger partial charge is 0.251 e. The zero-order valence-electron chi connectivity index (χ0n) is 16.7. The summed E-state index contributed by atoms with van der Waals surface area (Å²) in [5.41, 5.74) is 3.23. The Morgan fingerprint density at radius 1 is 1.12 bits per heavy atom. The Labute approximate surface area is 157 Å². The quantitative estimate of drug-likeness (QED) is 0.852. The second-order valence-electron chi connectivity index (χ2n) is 7.79. The van der Waals surface area contributed by atoms with Gasteiger partial charge in [0.05, 0.1) is 13.2 Å². The van der Waals surface area contributed by atoms with Gasteiger partial charge >= 0.3 is 0 Å². The van der Waals surface area contributed by atoms with Gasteiger partial charge in [-0.1, -0.05) is 51.1 Å². The van der Waals surface area contributed by atoms with Crippen molar-refractivity contribution in [2.24, 2.45) is 0 Å². The van der Waals surface area contributed by atoms with Crippen LogP contribution in [0.2, 0.25) is 0 Å². The second-order valence-corrected chi connectivity index (χ2v) is 7.79. The van der Waals surface area contributed by atoms with Gasteiger partial charge in [0.1, 0.15) is 5.75 Å². The van der Waals surface area contributed by atoms with Gasteiger partial charge in [-0.15, -0.1) is 0 Å². The molecule has 0 heterocycles. The minimum Gasteiger partial charge on any atom is -0.497 e. The predicted octanol–water partition coefficient (Wildman–Crippen LogP) is 4.03. The van der Waals surface area contributed by atoms with Crippen LogP contribution in [0.1, 0.15) is 48.3 Å². The number of amides is 1. The van der Waals surface area contributed by atoms with Crippen LogP contribution in [0.5, 0.6) is 5.75 Å². The highest BCUT2D eigenvalue weighted by Gasteiger charge is 2.18. The number of hydrogen-bond donors (Lipinski definition) is 1. The lowest BCUT2D eigenvalue weighted by atomic mass is 9.86. The highest BCUT2D eigenvalue weighted by Crippen LogP contribution is 2.25. The summed E-state index contributed by atoms with van der Waals surface area (Å²) in [7, 11) is 5.65. The van der Waals surface area contributed by atoms with Gasteiger partial charge in [-0.2, -0.15) is 0 Å². The monoisotopic (exact) mass is 354 g/mol. The fourth-order valence-electron chi connectivity index (χ4n) is 2.86. The van der Waals surface area contributed by atoms with Gasteiger partial charge in [-0.3, -0.25) is 4.79 Å². The molecule has 0 fully saturated rings. The summed E-state index contributed by atoms with van der Waals surface area (Å²) in [6.07, 6.45) is 0. The standard InChI is InChI=1S/C22H30N2O2/c1-22(2,3)18-12-10-16(11-13-18)20(24(4)5)15-23-21(25)17-8-7-9-19(14-17)26-6/h7-14,20H,15H2,1-6H3,(H,23,25). The Morgan fingerprint density at radius 3 is 2.31 bits per heavy atom. The largest absolute Gasteiger partial charge is 0.497 e. The van der Waals surface area contributed by atoms with Crippen molar-refractivity contribution in [2.45, 2.75) is 32.2 Å². The van der Waals surface area contributed by atoms with Gasteiger partial charge in [0.2, 0.25) is 0 Å². The summed E-state index contributed by atoms with van der Waals surface area (Å²) >= 11 is 0. The van der Waals surface area contributed by atoms with Crippen LogP contribution in [0.15, 0.2) is 48.5 Å². The molecule has 2 aromatic carbocycles. The second kappa shape index (κ2) is 8.37. The highest BCUT2D eigenvalue weighted by molar-refractivity contribution is 5.94. The average Bonchev–Trinajstić information content (AvgIpc) is 2.61. The molecule has 1 atom stereocenters. The Morgan fingerprint density at radius 2 is 1.77 bits per heavy atom. The highest BCUT2D eigenvalue weighted by atomic mass is 16.5. The lowest BCUT2D eigenvalue weighted by Crippen LogP contribution is -2.34. The number of nitrogens with one attached hydrogen (secondary N) is 1. The first-order valence-corrected chi connectivity index (χ1v) is 8.91. The lowest BCUT2D eigenvalue weighted by molar-refractivity contribution is 0.0941. The molecule has 0 bridgehead atoms. The molecule has 26 heavy (non-hydrogen) atoms. The minimum atomic E-state index is -0.0953. The number of likely N-dealkylation sites (N-methyl/N-ethyl adjacent to an activating group) is 1. The van der Waals surface area contributed by atoms with Gasteiger partial charge in [0.25, 0.3) is 5.91 Å². The van der Waals surface area contributed by atoms with E-state index in [0.29, 0.717) is 17.9 Å². The minimum absolute atomic E-state index is 0.0953. The molecule has 0 saturated heterocycles. The molecule has 0 saturated carbocycles. The van der Waals surface area contributed by atoms with Crippen molar-refractivity contribution in [3.63, 3.8) is 0 Å². The molecule has 0 aliphatic rings. The number of benzene rings is 2. The number of hydrogen-bond acceptors (Lipinski definition) is 3. The molecule has 4 heteroatoms. The maximum Gasteiger partial charge on any atom is 0.251 e. The SMILES string of the molecule is COc1cccc(C(=O)NCC(c2ccc(C(C)(C)C)cc2)N(C)C)c1. The summed E-state index contributed by atoms with van der Waals surface area (Å²) in [6.45, 7) is 7.16. The topological polar surface area (TPSA) is 41.6 Å². The van der Waals surface area contributed by atoms with Crippen LogP contribution in [0, 0.1) is 0 Å². The Balaban J connectivity index is 2.09. The zero-order chi connectivity index (χ0) is 19.3. The van der Waals surface area contributed by atoms with E-state index in [1.807, 2.05) is 26.2 Å². The molecule has 0 spiro atoms. The van der Waals surface area contributed by atoms with E-state index in [4.69, 9.17) is 4.74 Å². The van der Waals surface area contributed by atoms with Crippen molar-refractivity contribution >= 4 is 5.91 Å². The Bertz CT molecular complexity index is 731. The Kier molecular flexibility index (Phi) is 6.43. The van der Waals surface area contributed by atoms with Crippen LogP contribution >= 0.6 is 0 Å². The van der Waals surface area contributed by atoms with E-state index < -0.39 is 0 Å². The normalized spacial score (nSPS) is 12.7. The molecule has 0 radical (unpaired) electrons. The Hall–Kier alpha value is -2.33. The molecule has 0 aliphatic carbocycles. The van der Waals surface area contributed by atoms with Gasteiger partial charge < -0.3 is 15.0 Å². The summed E-state index contributed by atoms with van der Waals surface area (Å²) < 4.78 is 5.19. The van der Waals surface area contributed by atoms with Gasteiger partial charge in [0, 0.05) is 12.1 Å². The van der Waals surface area contributed by atoms with Gasteiger partial charge in [-0.05, 0) is 48.8 Å². The van der Waals surface area contributed by atoms with Crippen molar-refractivity contribution in [3.05, 3.63) is 65.2 Å². The van der Waals surface area contributed by atoms with E-state index in [9.17, 15) is 4.79 Å². The first-order valence-electron chi connectivity index (χ1n) is 8.91. The van der Waals surface area contributed by atoms with E-state index in [0.717, 1.165) is 0 Å². The van der Waals surface area contributed by atoms with Crippen molar-refractivity contribution < 1.29 is 9.53 Å². The van der Waals surface area contributed by atoms with E-state index in [1.54, 1.807) is 19.2 Å². The average molecular weight is 354 g/mol. The molecule has 2 rings (SSSR count). The fraction of sp³-hybridized carbons (Fsp3) is 0.409. The van der Waals surface area contributed by atoms with Crippen molar-refractivity contribution in [1.82, 2.24) is 10.2 Å². The molecule has 140 valence electrons. The third-order valence-electron chi connectivity index (χ3n) is 4.57. The van der Waals surface area contributed by atoms with Crippen molar-refractivity contribution in [3.8, 4) is 5.75 Å². The number of carbonyl (C=O) groups is 1. The molecule has 2 aromatic rings. The van der Waals surface area contributed by atoms with E-state index >= 15 is 0 Å². The molecular formula is C22H30N2O2. The van der Waals surface area contributed by atoms with Crippen LogP contribution in [0.4, 0.5) is 0 Å². The molecule has 4 nitrogen and oxygen atoms in total. The van der Waals surface area contributed by atoms with Crippen LogP contribution in [0.25, 0.3) is 0 Å². The van der Waals surface area contributed by atoms with E-state index in [2.05, 4.69) is 55.3 Å². The molecule has 1 amide bonds. The maximum atomic E-state index is 12.5. The van der Waals surface area contributed by atoms with E-state index in [-0.39, 0.29) is 17.4 Å². The maximum absolute atomic E-state index is 12.5. The summed E-state index contributed by atoms with van der Waals surface area (Å²) in [6, 6.07) is 16.0. The van der Waals surface area contributed by atoms with Crippen LogP contribution in [-0.2, 0) is 5.41 Å². The number of carbonyl (C=O) groups excluding carboxylic acids is 1. The first kappa shape index (κ1) is 20.0. The van der Waals surface area contributed by atoms with Crippen LogP contribution < -0.4 is 10.1 Å². The summed E-state index contributed by atoms with van der Waals surface area (Å²) in [5.74, 6) is 0.585. The van der Waals surface area contributed by atoms with Crippen molar-refractivity contribution in [1.29, 1.82) is 0 Å². The van der Waals surface area contributed by atoms with Crippen molar-refractivity contribution in [2.75, 3.05) is 27.7 Å². The summed E-state index contributed by atoms with van der Waals surface area (Å²) in [4.78, 5) is 14.6. The predicted molar refractivity (Wildman–Crippen MR) is 107 cm³/mol. The first-order chi connectivity index (χ1) is 12.2. The number of nitrogens with zero attached hydrogens (tertiary/aromatic N) is 1. The van der Waals surface area contributed by atoms with Crippen LogP contribution in [-0.4, -0.2) is 38.6 Å². The third kappa shape index (κ3) is 5.09. The fourth-order valence-corrected chi connectivity index (χ4v) is 2.86. The van der Waals surface area contributed by atoms with E-state index in [1.165, 1.54) is 11.1 Å². The third-order valence-corrected chi connectivity index (χ3v) is 4.57. The summed E-state index contributed by atoms with van der Waals surface area (Å²) in [5, 5.41) is 3.04. The van der Waals surface area contributed by atoms with Gasteiger partial charge in [-0.25, -0.2) is 0 Å². The molecule has 0 aliphatic heterocycles. The van der Waals surface area contributed by atoms with Gasteiger partial charge in [0.15, 0.2) is 0 Å². The number of ether oxygens (including phenoxy) is 1. The lowest BCUT2D eigenvalue weighted by Gasteiger charge is -2.26. The zero-order valence-corrected chi connectivity index (χ0v) is 16.7. The number of methoxy groups -OCH3 is 1. The molecule has 1 unspecified atom stereocenters. The molecule has 1 N–H and O–H groups in total. The molecular weight excluding hydrogens is 324 g/mol. The van der Waals surface area contributed by atoms with Crippen LogP contribution in [0.3, 0.4) is 0 Å². The number of rotatable bonds is 6. The molecule has 0 aromatic heterocycles.